The van der Waals surface area contributed by atoms with Crippen molar-refractivity contribution in [2.24, 2.45) is 0 Å². The van der Waals surface area contributed by atoms with Crippen LogP contribution in [0.5, 0.6) is 0 Å². The van der Waals surface area contributed by atoms with Crippen LogP contribution < -0.4 is 16.3 Å². The van der Waals surface area contributed by atoms with Crippen molar-refractivity contribution in [1.29, 1.82) is 0 Å². The average molecular weight is 243 g/mol. The lowest BCUT2D eigenvalue weighted by Gasteiger charge is -2.19. The van der Waals surface area contributed by atoms with Crippen molar-refractivity contribution in [2.75, 3.05) is 11.9 Å². The van der Waals surface area contributed by atoms with E-state index in [2.05, 4.69) is 25.6 Å². The maximum Gasteiger partial charge on any atom is 0.347 e. The van der Waals surface area contributed by atoms with Gasteiger partial charge in [0.2, 0.25) is 0 Å². The van der Waals surface area contributed by atoms with Gasteiger partial charge in [0.15, 0.2) is 0 Å². The summed E-state index contributed by atoms with van der Waals surface area (Å²) in [6, 6.07) is 3.72. The van der Waals surface area contributed by atoms with E-state index < -0.39 is 0 Å². The van der Waals surface area contributed by atoms with Gasteiger partial charge in [-0.05, 0) is 12.1 Å². The minimum Gasteiger partial charge on any atom is -0.338 e. The van der Waals surface area contributed by atoms with Crippen LogP contribution >= 0.6 is 0 Å². The third-order valence-electron chi connectivity index (χ3n) is 2.90. The second-order valence-electron chi connectivity index (χ2n) is 4.14. The average Bonchev–Trinajstić information content (AvgIpc) is 2.40. The third kappa shape index (κ3) is 2.10. The molecular formula is C12H13N5O. The molecule has 6 nitrogen and oxygen atoms in total. The number of H-pyrrole nitrogens is 1. The molecule has 1 aliphatic rings. The zero-order chi connectivity index (χ0) is 12.4. The summed E-state index contributed by atoms with van der Waals surface area (Å²) in [4.78, 5) is 22.3. The van der Waals surface area contributed by atoms with E-state index in [9.17, 15) is 4.79 Å². The largest absolute Gasteiger partial charge is 0.347 e. The number of nitrogens with one attached hydrogen (secondary N) is 3. The number of fused-ring (bicyclic) bond motifs is 1. The Balaban J connectivity index is 2.01. The molecule has 0 aliphatic carbocycles. The minimum absolute atomic E-state index is 0.318. The molecule has 0 aromatic carbocycles. The second kappa shape index (κ2) is 4.58. The van der Waals surface area contributed by atoms with Crippen LogP contribution in [0.15, 0.2) is 29.3 Å². The van der Waals surface area contributed by atoms with Crippen LogP contribution in [0.25, 0.3) is 0 Å². The van der Waals surface area contributed by atoms with Gasteiger partial charge in [-0.15, -0.1) is 0 Å². The zero-order valence-corrected chi connectivity index (χ0v) is 9.73. The van der Waals surface area contributed by atoms with E-state index in [4.69, 9.17) is 0 Å². The summed E-state index contributed by atoms with van der Waals surface area (Å²) >= 11 is 0. The molecule has 2 aromatic heterocycles. The van der Waals surface area contributed by atoms with Gasteiger partial charge < -0.3 is 15.6 Å². The normalized spacial score (nSPS) is 14.0. The summed E-state index contributed by atoms with van der Waals surface area (Å²) in [5.74, 6) is 0.606. The van der Waals surface area contributed by atoms with Crippen molar-refractivity contribution in [3.05, 3.63) is 46.3 Å². The molecule has 0 spiro atoms. The predicted octanol–water partition coefficient (Wildman–Crippen LogP) is 0.554. The molecule has 1 aliphatic heterocycles. The Bertz CT molecular complexity index is 608. The number of anilines is 2. The SMILES string of the molecule is O=c1nc(Nc2cccnc2)c2c([nH]1)CCNC2. The molecule has 0 bridgehead atoms. The lowest BCUT2D eigenvalue weighted by Crippen LogP contribution is -2.29. The molecule has 3 heterocycles. The summed E-state index contributed by atoms with van der Waals surface area (Å²) in [5.41, 5.74) is 2.48. The molecule has 0 saturated carbocycles. The number of pyridine rings is 1. The quantitative estimate of drug-likeness (QED) is 0.717. The van der Waals surface area contributed by atoms with Gasteiger partial charge in [-0.3, -0.25) is 4.98 Å². The summed E-state index contributed by atoms with van der Waals surface area (Å²) in [6.45, 7) is 1.58. The first-order valence-electron chi connectivity index (χ1n) is 5.83. The fraction of sp³-hybridized carbons (Fsp3) is 0.250. The molecule has 3 rings (SSSR count). The molecule has 2 aromatic rings. The number of nitrogens with zero attached hydrogens (tertiary/aromatic N) is 2. The van der Waals surface area contributed by atoms with E-state index in [1.54, 1.807) is 12.4 Å². The Morgan fingerprint density at radius 2 is 2.33 bits per heavy atom. The van der Waals surface area contributed by atoms with Gasteiger partial charge in [0.25, 0.3) is 0 Å². The first-order chi connectivity index (χ1) is 8.83. The Labute approximate surface area is 103 Å². The highest BCUT2D eigenvalue weighted by Gasteiger charge is 2.15. The number of aromatic nitrogens is 3. The monoisotopic (exact) mass is 243 g/mol. The summed E-state index contributed by atoms with van der Waals surface area (Å²) in [7, 11) is 0. The lowest BCUT2D eigenvalue weighted by molar-refractivity contribution is 0.624. The standard InChI is InChI=1S/C12H13N5O/c18-12-16-10-3-5-14-7-9(10)11(17-12)15-8-2-1-4-13-6-8/h1-2,4,6,14H,3,5,7H2,(H2,15,16,17,18). The fourth-order valence-electron chi connectivity index (χ4n) is 2.05. The Kier molecular flexibility index (Phi) is 2.77. The smallest absolute Gasteiger partial charge is 0.338 e. The molecular weight excluding hydrogens is 230 g/mol. The maximum atomic E-state index is 11.5. The highest BCUT2D eigenvalue weighted by atomic mass is 16.1. The molecule has 0 saturated heterocycles. The van der Waals surface area contributed by atoms with Crippen LogP contribution in [0.1, 0.15) is 11.3 Å². The molecule has 92 valence electrons. The maximum absolute atomic E-state index is 11.5. The molecule has 0 unspecified atom stereocenters. The summed E-state index contributed by atoms with van der Waals surface area (Å²) < 4.78 is 0. The van der Waals surface area contributed by atoms with E-state index in [1.165, 1.54) is 0 Å². The topological polar surface area (TPSA) is 82.7 Å². The van der Waals surface area contributed by atoms with Crippen LogP contribution in [0, 0.1) is 0 Å². The minimum atomic E-state index is -0.318. The molecule has 0 radical (unpaired) electrons. The third-order valence-corrected chi connectivity index (χ3v) is 2.90. The van der Waals surface area contributed by atoms with E-state index in [0.717, 1.165) is 29.9 Å². The lowest BCUT2D eigenvalue weighted by atomic mass is 10.1. The van der Waals surface area contributed by atoms with E-state index in [1.807, 2.05) is 12.1 Å². The Hall–Kier alpha value is -2.21. The molecule has 3 N–H and O–H groups in total. The number of hydrogen-bond acceptors (Lipinski definition) is 5. The van der Waals surface area contributed by atoms with Gasteiger partial charge in [-0.25, -0.2) is 4.79 Å². The van der Waals surface area contributed by atoms with Crippen molar-refractivity contribution in [1.82, 2.24) is 20.3 Å². The fourth-order valence-corrected chi connectivity index (χ4v) is 2.05. The van der Waals surface area contributed by atoms with E-state index in [-0.39, 0.29) is 5.69 Å². The van der Waals surface area contributed by atoms with Crippen LogP contribution in [-0.2, 0) is 13.0 Å². The van der Waals surface area contributed by atoms with Crippen LogP contribution in [0.3, 0.4) is 0 Å². The molecule has 0 amide bonds. The van der Waals surface area contributed by atoms with Crippen molar-refractivity contribution < 1.29 is 0 Å². The van der Waals surface area contributed by atoms with Crippen molar-refractivity contribution in [3.8, 4) is 0 Å². The van der Waals surface area contributed by atoms with Crippen molar-refractivity contribution in [3.63, 3.8) is 0 Å². The number of aromatic amines is 1. The van der Waals surface area contributed by atoms with Gasteiger partial charge in [-0.1, -0.05) is 0 Å². The highest BCUT2D eigenvalue weighted by Crippen LogP contribution is 2.20. The number of rotatable bonds is 2. The van der Waals surface area contributed by atoms with Gasteiger partial charge in [0, 0.05) is 37.0 Å². The van der Waals surface area contributed by atoms with E-state index in [0.29, 0.717) is 12.4 Å². The van der Waals surface area contributed by atoms with Gasteiger partial charge >= 0.3 is 5.69 Å². The van der Waals surface area contributed by atoms with Gasteiger partial charge in [0.05, 0.1) is 11.9 Å². The first kappa shape index (κ1) is 10.9. The van der Waals surface area contributed by atoms with Crippen molar-refractivity contribution in [2.45, 2.75) is 13.0 Å². The predicted molar refractivity (Wildman–Crippen MR) is 67.8 cm³/mol. The summed E-state index contributed by atoms with van der Waals surface area (Å²) in [5, 5.41) is 6.41. The van der Waals surface area contributed by atoms with Crippen LogP contribution in [-0.4, -0.2) is 21.5 Å². The molecule has 0 fully saturated rings. The van der Waals surface area contributed by atoms with Crippen LogP contribution in [0.4, 0.5) is 11.5 Å². The Morgan fingerprint density at radius 1 is 1.39 bits per heavy atom. The van der Waals surface area contributed by atoms with Gasteiger partial charge in [0.1, 0.15) is 5.82 Å². The highest BCUT2D eigenvalue weighted by molar-refractivity contribution is 5.59. The molecule has 6 heteroatoms. The molecule has 0 atom stereocenters. The molecule has 18 heavy (non-hydrogen) atoms. The van der Waals surface area contributed by atoms with E-state index >= 15 is 0 Å². The zero-order valence-electron chi connectivity index (χ0n) is 9.73. The first-order valence-corrected chi connectivity index (χ1v) is 5.83. The summed E-state index contributed by atoms with van der Waals surface area (Å²) in [6.07, 6.45) is 4.22. The van der Waals surface area contributed by atoms with Crippen molar-refractivity contribution >= 4 is 11.5 Å². The second-order valence-corrected chi connectivity index (χ2v) is 4.14. The van der Waals surface area contributed by atoms with Gasteiger partial charge in [-0.2, -0.15) is 4.98 Å². The number of hydrogen-bond donors (Lipinski definition) is 3. The Morgan fingerprint density at radius 3 is 3.17 bits per heavy atom. The van der Waals surface area contributed by atoms with Crippen LogP contribution in [0.2, 0.25) is 0 Å².